The zero-order valence-corrected chi connectivity index (χ0v) is 16.3. The molecule has 1 aromatic carbocycles. The second-order valence-electron chi connectivity index (χ2n) is 7.44. The number of hydrogen-bond acceptors (Lipinski definition) is 4. The van der Waals surface area contributed by atoms with Gasteiger partial charge in [-0.15, -0.1) is 0 Å². The van der Waals surface area contributed by atoms with Gasteiger partial charge in [0.05, 0.1) is 24.5 Å². The summed E-state index contributed by atoms with van der Waals surface area (Å²) in [5.74, 6) is 0.101. The third kappa shape index (κ3) is 6.57. The lowest BCUT2D eigenvalue weighted by Gasteiger charge is -2.37. The highest BCUT2D eigenvalue weighted by atomic mass is 19.1. The molecular weight excluding hydrogens is 335 g/mol. The van der Waals surface area contributed by atoms with Gasteiger partial charge in [-0.2, -0.15) is 0 Å². The molecule has 1 heterocycles. The molecule has 0 radical (unpaired) electrons. The Labute approximate surface area is 155 Å². The molecule has 0 bridgehead atoms. The summed E-state index contributed by atoms with van der Waals surface area (Å²) in [7, 11) is 0. The third-order valence-electron chi connectivity index (χ3n) is 4.19. The van der Waals surface area contributed by atoms with Crippen LogP contribution in [0.2, 0.25) is 0 Å². The molecule has 0 aromatic heterocycles. The molecule has 0 spiro atoms. The summed E-state index contributed by atoms with van der Waals surface area (Å²) in [5, 5.41) is 2.81. The lowest BCUT2D eigenvalue weighted by molar-refractivity contribution is -0.122. The topological polar surface area (TPSA) is 50.8 Å². The van der Waals surface area contributed by atoms with E-state index in [1.165, 1.54) is 6.07 Å². The number of carbonyl (C=O) groups is 1. The normalized spacial score (nSPS) is 20.5. The van der Waals surface area contributed by atoms with E-state index in [1.807, 2.05) is 24.8 Å². The molecule has 1 aromatic rings. The predicted octanol–water partition coefficient (Wildman–Crippen LogP) is 3.12. The molecule has 1 N–H and O–H groups in total. The van der Waals surface area contributed by atoms with E-state index in [0.29, 0.717) is 50.9 Å². The Balaban J connectivity index is 1.82. The summed E-state index contributed by atoms with van der Waals surface area (Å²) in [5.41, 5.74) is 1.33. The highest BCUT2D eigenvalue weighted by molar-refractivity contribution is 5.75. The first kappa shape index (κ1) is 20.6. The van der Waals surface area contributed by atoms with Crippen LogP contribution < -0.4 is 10.2 Å². The molecule has 2 atom stereocenters. The van der Waals surface area contributed by atoms with Crippen molar-refractivity contribution in [1.82, 2.24) is 5.32 Å². The summed E-state index contributed by atoms with van der Waals surface area (Å²) < 4.78 is 25.6. The summed E-state index contributed by atoms with van der Waals surface area (Å²) >= 11 is 0. The van der Waals surface area contributed by atoms with Gasteiger partial charge in [-0.05, 0) is 37.5 Å². The molecule has 1 aliphatic rings. The van der Waals surface area contributed by atoms with Crippen molar-refractivity contribution < 1.29 is 18.7 Å². The van der Waals surface area contributed by atoms with Gasteiger partial charge in [0, 0.05) is 32.7 Å². The van der Waals surface area contributed by atoms with Crippen LogP contribution in [0.4, 0.5) is 10.1 Å². The summed E-state index contributed by atoms with van der Waals surface area (Å²) in [4.78, 5) is 13.8. The smallest absolute Gasteiger partial charge is 0.222 e. The van der Waals surface area contributed by atoms with Crippen molar-refractivity contribution in [3.63, 3.8) is 0 Å². The molecule has 1 amide bonds. The number of morpholine rings is 1. The molecule has 0 unspecified atom stereocenters. The molecule has 6 heteroatoms. The molecule has 1 aliphatic heterocycles. The van der Waals surface area contributed by atoms with E-state index < -0.39 is 0 Å². The standard InChI is InChI=1S/C20H31FN2O3/c1-14(2)13-25-8-7-20(24)22-10-17-5-6-19(18(21)9-17)23-11-15(3)26-16(4)12-23/h5-6,9,14-16H,7-8,10-13H2,1-4H3,(H,22,24)/t15-,16-/m0/s1. The zero-order valence-electron chi connectivity index (χ0n) is 16.3. The van der Waals surface area contributed by atoms with Crippen LogP contribution >= 0.6 is 0 Å². The van der Waals surface area contributed by atoms with Gasteiger partial charge in [-0.1, -0.05) is 19.9 Å². The molecule has 1 saturated heterocycles. The fourth-order valence-corrected chi connectivity index (χ4v) is 3.06. The van der Waals surface area contributed by atoms with Gasteiger partial charge in [0.1, 0.15) is 5.82 Å². The fraction of sp³-hybridized carbons (Fsp3) is 0.650. The number of benzene rings is 1. The van der Waals surface area contributed by atoms with Gasteiger partial charge in [-0.25, -0.2) is 4.39 Å². The van der Waals surface area contributed by atoms with E-state index in [0.717, 1.165) is 5.56 Å². The molecule has 5 nitrogen and oxygen atoms in total. The van der Waals surface area contributed by atoms with Gasteiger partial charge in [0.25, 0.3) is 0 Å². The van der Waals surface area contributed by atoms with Gasteiger partial charge in [0.2, 0.25) is 5.91 Å². The Morgan fingerprint density at radius 1 is 1.35 bits per heavy atom. The maximum atomic E-state index is 14.5. The molecule has 0 aliphatic carbocycles. The average molecular weight is 366 g/mol. The minimum atomic E-state index is -0.265. The van der Waals surface area contributed by atoms with E-state index in [9.17, 15) is 9.18 Å². The zero-order chi connectivity index (χ0) is 19.1. The van der Waals surface area contributed by atoms with Crippen molar-refractivity contribution in [2.24, 2.45) is 5.92 Å². The molecule has 2 rings (SSSR count). The Morgan fingerprint density at radius 2 is 2.04 bits per heavy atom. The number of anilines is 1. The molecule has 1 fully saturated rings. The summed E-state index contributed by atoms with van der Waals surface area (Å²) in [6.45, 7) is 10.8. The maximum Gasteiger partial charge on any atom is 0.222 e. The monoisotopic (exact) mass is 366 g/mol. The Bertz CT molecular complexity index is 584. The van der Waals surface area contributed by atoms with Crippen molar-refractivity contribution in [3.8, 4) is 0 Å². The summed E-state index contributed by atoms with van der Waals surface area (Å²) in [6, 6.07) is 5.14. The van der Waals surface area contributed by atoms with Crippen LogP contribution in [0.25, 0.3) is 0 Å². The molecule has 146 valence electrons. The van der Waals surface area contributed by atoms with E-state index >= 15 is 0 Å². The van der Waals surface area contributed by atoms with Gasteiger partial charge < -0.3 is 19.7 Å². The van der Waals surface area contributed by atoms with Crippen LogP contribution in [0.1, 0.15) is 39.7 Å². The van der Waals surface area contributed by atoms with Crippen LogP contribution in [0.15, 0.2) is 18.2 Å². The second kappa shape index (κ2) is 9.88. The Hall–Kier alpha value is -1.66. The Morgan fingerprint density at radius 3 is 2.65 bits per heavy atom. The average Bonchev–Trinajstić information content (AvgIpc) is 2.56. The number of hydrogen-bond donors (Lipinski definition) is 1. The first-order chi connectivity index (χ1) is 12.3. The number of nitrogens with one attached hydrogen (secondary N) is 1. The number of nitrogens with zero attached hydrogens (tertiary/aromatic N) is 1. The van der Waals surface area contributed by atoms with Crippen LogP contribution in [-0.4, -0.2) is 44.4 Å². The SMILES string of the molecule is CC(C)COCCC(=O)NCc1ccc(N2C[C@H](C)O[C@@H](C)C2)c(F)c1. The number of amides is 1. The summed E-state index contributed by atoms with van der Waals surface area (Å²) in [6.07, 6.45) is 0.474. The quantitative estimate of drug-likeness (QED) is 0.718. The van der Waals surface area contributed by atoms with Crippen LogP contribution in [0, 0.1) is 11.7 Å². The van der Waals surface area contributed by atoms with E-state index in [2.05, 4.69) is 19.2 Å². The molecule has 0 saturated carbocycles. The number of halogens is 1. The van der Waals surface area contributed by atoms with E-state index in [-0.39, 0.29) is 23.9 Å². The van der Waals surface area contributed by atoms with Crippen molar-refractivity contribution in [3.05, 3.63) is 29.6 Å². The number of carbonyl (C=O) groups excluding carboxylic acids is 1. The van der Waals surface area contributed by atoms with E-state index in [1.54, 1.807) is 6.07 Å². The van der Waals surface area contributed by atoms with Gasteiger partial charge in [-0.3, -0.25) is 4.79 Å². The first-order valence-corrected chi connectivity index (χ1v) is 9.38. The van der Waals surface area contributed by atoms with Crippen LogP contribution in [0.5, 0.6) is 0 Å². The fourth-order valence-electron chi connectivity index (χ4n) is 3.06. The maximum absolute atomic E-state index is 14.5. The van der Waals surface area contributed by atoms with E-state index in [4.69, 9.17) is 9.47 Å². The van der Waals surface area contributed by atoms with Crippen LogP contribution in [-0.2, 0) is 20.8 Å². The van der Waals surface area contributed by atoms with Crippen LogP contribution in [0.3, 0.4) is 0 Å². The van der Waals surface area contributed by atoms with Crippen molar-refractivity contribution in [1.29, 1.82) is 0 Å². The Kier molecular flexibility index (Phi) is 7.85. The number of ether oxygens (including phenoxy) is 2. The highest BCUT2D eigenvalue weighted by Crippen LogP contribution is 2.24. The highest BCUT2D eigenvalue weighted by Gasteiger charge is 2.24. The van der Waals surface area contributed by atoms with Crippen molar-refractivity contribution in [2.45, 2.75) is 52.9 Å². The molecule has 26 heavy (non-hydrogen) atoms. The lowest BCUT2D eigenvalue weighted by atomic mass is 10.1. The van der Waals surface area contributed by atoms with Gasteiger partial charge >= 0.3 is 0 Å². The minimum Gasteiger partial charge on any atom is -0.381 e. The van der Waals surface area contributed by atoms with Crippen molar-refractivity contribution >= 4 is 11.6 Å². The predicted molar refractivity (Wildman–Crippen MR) is 101 cm³/mol. The minimum absolute atomic E-state index is 0.0787. The largest absolute Gasteiger partial charge is 0.381 e. The third-order valence-corrected chi connectivity index (χ3v) is 4.19. The lowest BCUT2D eigenvalue weighted by Crippen LogP contribution is -2.45. The van der Waals surface area contributed by atoms with Crippen molar-refractivity contribution in [2.75, 3.05) is 31.2 Å². The second-order valence-corrected chi connectivity index (χ2v) is 7.44. The first-order valence-electron chi connectivity index (χ1n) is 9.38. The number of rotatable bonds is 8. The molecular formula is C20H31FN2O3. The van der Waals surface area contributed by atoms with Gasteiger partial charge in [0.15, 0.2) is 0 Å².